The zero-order chi connectivity index (χ0) is 15.1. The first kappa shape index (κ1) is 14.8. The molecule has 4 nitrogen and oxygen atoms in total. The summed E-state index contributed by atoms with van der Waals surface area (Å²) in [6.45, 7) is 0. The second kappa shape index (κ2) is 5.61. The largest absolute Gasteiger partial charge is 0.384 e. The lowest BCUT2D eigenvalue weighted by molar-refractivity contribution is 0.219. The lowest BCUT2D eigenvalue weighted by atomic mass is 10.0. The molecule has 0 radical (unpaired) electrons. The third kappa shape index (κ3) is 2.81. The number of aromatic amines is 2. The van der Waals surface area contributed by atoms with Gasteiger partial charge in [0.15, 0.2) is 0 Å². The highest BCUT2D eigenvalue weighted by atomic mass is 79.9. The van der Waals surface area contributed by atoms with Crippen molar-refractivity contribution in [1.82, 2.24) is 9.97 Å². The maximum absolute atomic E-state index is 11.3. The first-order chi connectivity index (χ1) is 9.95. The van der Waals surface area contributed by atoms with E-state index in [9.17, 15) is 9.90 Å². The summed E-state index contributed by atoms with van der Waals surface area (Å²) in [4.78, 5) is 16.7. The van der Waals surface area contributed by atoms with Crippen molar-refractivity contribution in [2.24, 2.45) is 0 Å². The molecule has 0 spiro atoms. The number of aliphatic hydroxyl groups is 1. The van der Waals surface area contributed by atoms with Crippen molar-refractivity contribution in [2.75, 3.05) is 0 Å². The van der Waals surface area contributed by atoms with E-state index < -0.39 is 6.10 Å². The quantitative estimate of drug-likeness (QED) is 0.570. The second-order valence-corrected chi connectivity index (χ2v) is 6.74. The maximum atomic E-state index is 11.3. The van der Waals surface area contributed by atoms with Crippen LogP contribution in [0.2, 0.25) is 5.02 Å². The molecule has 0 saturated heterocycles. The summed E-state index contributed by atoms with van der Waals surface area (Å²) in [7, 11) is 0. The topological polar surface area (TPSA) is 68.9 Å². The van der Waals surface area contributed by atoms with Crippen LogP contribution in [0.1, 0.15) is 17.2 Å². The molecule has 0 aliphatic rings. The average Bonchev–Trinajstić information content (AvgIpc) is 2.79. The average molecular weight is 432 g/mol. The molecule has 1 atom stereocenters. The van der Waals surface area contributed by atoms with Crippen molar-refractivity contribution in [2.45, 2.75) is 6.10 Å². The van der Waals surface area contributed by atoms with Crippen molar-refractivity contribution in [1.29, 1.82) is 0 Å². The van der Waals surface area contributed by atoms with Gasteiger partial charge in [-0.05, 0) is 30.3 Å². The predicted molar refractivity (Wildman–Crippen MR) is 89.8 cm³/mol. The van der Waals surface area contributed by atoms with Crippen molar-refractivity contribution >= 4 is 54.5 Å². The molecule has 0 saturated carbocycles. The Morgan fingerprint density at radius 3 is 2.43 bits per heavy atom. The van der Waals surface area contributed by atoms with E-state index >= 15 is 0 Å². The minimum atomic E-state index is -0.910. The van der Waals surface area contributed by atoms with Gasteiger partial charge in [-0.1, -0.05) is 43.5 Å². The van der Waals surface area contributed by atoms with Crippen molar-refractivity contribution in [3.8, 4) is 0 Å². The molecule has 1 unspecified atom stereocenters. The number of rotatable bonds is 2. The zero-order valence-corrected chi connectivity index (χ0v) is 14.4. The molecule has 0 aliphatic heterocycles. The molecule has 1 heterocycles. The van der Waals surface area contributed by atoms with Gasteiger partial charge in [-0.25, -0.2) is 4.79 Å². The highest BCUT2D eigenvalue weighted by Gasteiger charge is 2.18. The summed E-state index contributed by atoms with van der Waals surface area (Å²) in [5, 5.41) is 11.1. The number of imidazole rings is 1. The van der Waals surface area contributed by atoms with Gasteiger partial charge >= 0.3 is 5.69 Å². The Kier molecular flexibility index (Phi) is 3.96. The Hall–Kier alpha value is -1.08. The maximum Gasteiger partial charge on any atom is 0.323 e. The third-order valence-electron chi connectivity index (χ3n) is 3.18. The van der Waals surface area contributed by atoms with Crippen LogP contribution in [0.15, 0.2) is 44.1 Å². The van der Waals surface area contributed by atoms with E-state index in [-0.39, 0.29) is 5.69 Å². The van der Waals surface area contributed by atoms with E-state index in [4.69, 9.17) is 11.6 Å². The van der Waals surface area contributed by atoms with E-state index in [1.54, 1.807) is 30.3 Å². The number of benzene rings is 2. The van der Waals surface area contributed by atoms with Gasteiger partial charge in [0, 0.05) is 25.1 Å². The highest BCUT2D eigenvalue weighted by Crippen LogP contribution is 2.35. The molecule has 21 heavy (non-hydrogen) atoms. The van der Waals surface area contributed by atoms with Crippen LogP contribution in [0.25, 0.3) is 11.0 Å². The Morgan fingerprint density at radius 1 is 1.05 bits per heavy atom. The van der Waals surface area contributed by atoms with Crippen LogP contribution in [0.3, 0.4) is 0 Å². The number of aromatic nitrogens is 2. The first-order valence-corrected chi connectivity index (χ1v) is 7.96. The Bertz CT molecular complexity index is 888. The standard InChI is InChI=1S/C14H9Br2ClN2O2/c15-6-1-2-10(17)8(3-6)13(20)7-4-11-12(5-9(7)16)19-14(21)18-11/h1-5,13,20H,(H2,18,19,21). The van der Waals surface area contributed by atoms with Gasteiger partial charge < -0.3 is 15.1 Å². The van der Waals surface area contributed by atoms with Gasteiger partial charge in [0.25, 0.3) is 0 Å². The lowest BCUT2D eigenvalue weighted by Gasteiger charge is -2.15. The first-order valence-electron chi connectivity index (χ1n) is 6.00. The van der Waals surface area contributed by atoms with Crippen LogP contribution < -0.4 is 5.69 Å². The van der Waals surface area contributed by atoms with E-state index in [1.807, 2.05) is 0 Å². The molecule has 3 rings (SSSR count). The van der Waals surface area contributed by atoms with Gasteiger partial charge in [0.05, 0.1) is 11.0 Å². The molecule has 3 aromatic rings. The van der Waals surface area contributed by atoms with Crippen LogP contribution in [-0.4, -0.2) is 15.1 Å². The lowest BCUT2D eigenvalue weighted by Crippen LogP contribution is -2.02. The fourth-order valence-electron chi connectivity index (χ4n) is 2.17. The molecular formula is C14H9Br2ClN2O2. The van der Waals surface area contributed by atoms with Gasteiger partial charge in [0.1, 0.15) is 6.10 Å². The molecule has 2 aromatic carbocycles. The summed E-state index contributed by atoms with van der Waals surface area (Å²) in [6.07, 6.45) is -0.910. The van der Waals surface area contributed by atoms with E-state index in [2.05, 4.69) is 41.8 Å². The summed E-state index contributed by atoms with van der Waals surface area (Å²) in [6, 6.07) is 8.76. The van der Waals surface area contributed by atoms with Crippen LogP contribution in [0, 0.1) is 0 Å². The molecule has 108 valence electrons. The number of hydrogen-bond donors (Lipinski definition) is 3. The molecular weight excluding hydrogens is 423 g/mol. The zero-order valence-electron chi connectivity index (χ0n) is 10.5. The van der Waals surface area contributed by atoms with Crippen LogP contribution in [-0.2, 0) is 0 Å². The minimum absolute atomic E-state index is 0.288. The monoisotopic (exact) mass is 430 g/mol. The van der Waals surface area contributed by atoms with Gasteiger partial charge in [-0.3, -0.25) is 0 Å². The van der Waals surface area contributed by atoms with Gasteiger partial charge in [-0.15, -0.1) is 0 Å². The fourth-order valence-corrected chi connectivity index (χ4v) is 3.33. The molecule has 0 amide bonds. The number of halogens is 3. The number of nitrogens with one attached hydrogen (secondary N) is 2. The number of hydrogen-bond acceptors (Lipinski definition) is 2. The number of aliphatic hydroxyl groups excluding tert-OH is 1. The molecule has 0 bridgehead atoms. The van der Waals surface area contributed by atoms with Gasteiger partial charge in [-0.2, -0.15) is 0 Å². The van der Waals surface area contributed by atoms with E-state index in [1.165, 1.54) is 0 Å². The molecule has 7 heteroatoms. The van der Waals surface area contributed by atoms with Gasteiger partial charge in [0.2, 0.25) is 0 Å². The molecule has 0 fully saturated rings. The fraction of sp³-hybridized carbons (Fsp3) is 0.0714. The molecule has 3 N–H and O–H groups in total. The van der Waals surface area contributed by atoms with E-state index in [0.29, 0.717) is 31.7 Å². The Morgan fingerprint density at radius 2 is 1.71 bits per heavy atom. The summed E-state index contributed by atoms with van der Waals surface area (Å²) in [5.41, 5.74) is 2.22. The molecule has 0 aliphatic carbocycles. The van der Waals surface area contributed by atoms with Crippen LogP contribution in [0.4, 0.5) is 0 Å². The molecule has 1 aromatic heterocycles. The summed E-state index contributed by atoms with van der Waals surface area (Å²) in [5.74, 6) is 0. The Labute approximate surface area is 141 Å². The summed E-state index contributed by atoms with van der Waals surface area (Å²) < 4.78 is 1.52. The predicted octanol–water partition coefficient (Wildman–Crippen LogP) is 4.12. The summed E-state index contributed by atoms with van der Waals surface area (Å²) >= 11 is 12.9. The SMILES string of the molecule is O=c1[nH]c2cc(Br)c(C(O)c3cc(Br)ccc3Cl)cc2[nH]1. The van der Waals surface area contributed by atoms with Crippen molar-refractivity contribution in [3.05, 3.63) is 65.9 Å². The van der Waals surface area contributed by atoms with Crippen LogP contribution >= 0.6 is 43.5 Å². The highest BCUT2D eigenvalue weighted by molar-refractivity contribution is 9.10. The number of fused-ring (bicyclic) bond motifs is 1. The smallest absolute Gasteiger partial charge is 0.323 e. The number of H-pyrrole nitrogens is 2. The third-order valence-corrected chi connectivity index (χ3v) is 4.70. The normalized spacial score (nSPS) is 12.8. The Balaban J connectivity index is 2.16. The second-order valence-electron chi connectivity index (χ2n) is 4.57. The van der Waals surface area contributed by atoms with Crippen molar-refractivity contribution < 1.29 is 5.11 Å². The minimum Gasteiger partial charge on any atom is -0.384 e. The van der Waals surface area contributed by atoms with E-state index in [0.717, 1.165) is 4.47 Å². The van der Waals surface area contributed by atoms with Crippen LogP contribution in [0.5, 0.6) is 0 Å². The van der Waals surface area contributed by atoms with Crippen molar-refractivity contribution in [3.63, 3.8) is 0 Å².